The van der Waals surface area contributed by atoms with Crippen LogP contribution in [0.25, 0.3) is 0 Å². The Morgan fingerprint density at radius 2 is 1.62 bits per heavy atom. The van der Waals surface area contributed by atoms with E-state index in [4.69, 9.17) is 23.2 Å². The molecule has 24 heavy (non-hydrogen) atoms. The van der Waals surface area contributed by atoms with Crippen LogP contribution in [0.2, 0.25) is 10.0 Å². The van der Waals surface area contributed by atoms with Crippen molar-refractivity contribution in [1.82, 2.24) is 10.6 Å². The van der Waals surface area contributed by atoms with Gasteiger partial charge in [0.15, 0.2) is 0 Å². The van der Waals surface area contributed by atoms with Crippen molar-refractivity contribution in [3.8, 4) is 0 Å². The third-order valence-corrected chi connectivity index (χ3v) is 3.97. The molecule has 0 heterocycles. The number of halogens is 2. The van der Waals surface area contributed by atoms with Crippen molar-refractivity contribution < 1.29 is 9.59 Å². The summed E-state index contributed by atoms with van der Waals surface area (Å²) in [6, 6.07) is 14.8. The first-order valence-corrected chi connectivity index (χ1v) is 8.31. The molecule has 2 aromatic rings. The van der Waals surface area contributed by atoms with Gasteiger partial charge >= 0.3 is 0 Å². The molecule has 0 unspecified atom stereocenters. The Morgan fingerprint density at radius 3 is 2.33 bits per heavy atom. The minimum absolute atomic E-state index is 0.193. The minimum atomic E-state index is -0.314. The van der Waals surface area contributed by atoms with Gasteiger partial charge in [0.2, 0.25) is 11.8 Å². The molecule has 0 aliphatic carbocycles. The fraction of sp³-hybridized carbons (Fsp3) is 0.222. The lowest BCUT2D eigenvalue weighted by Crippen LogP contribution is -2.32. The number of nitrogens with one attached hydrogen (secondary N) is 2. The Hall–Kier alpha value is -2.04. The smallest absolute Gasteiger partial charge is 0.229 e. The van der Waals surface area contributed by atoms with Gasteiger partial charge in [-0.3, -0.25) is 9.59 Å². The quantitative estimate of drug-likeness (QED) is 0.740. The lowest BCUT2D eigenvalue weighted by Gasteiger charge is -2.08. The third kappa shape index (κ3) is 6.22. The van der Waals surface area contributed by atoms with Crippen molar-refractivity contribution >= 4 is 35.0 Å². The summed E-state index contributed by atoms with van der Waals surface area (Å²) in [7, 11) is 0. The molecule has 6 heteroatoms. The molecule has 2 aromatic carbocycles. The van der Waals surface area contributed by atoms with Crippen molar-refractivity contribution in [2.24, 2.45) is 0 Å². The molecule has 0 fully saturated rings. The van der Waals surface area contributed by atoms with Crippen LogP contribution in [0.4, 0.5) is 0 Å². The molecule has 0 bridgehead atoms. The van der Waals surface area contributed by atoms with Gasteiger partial charge in [-0.15, -0.1) is 0 Å². The molecule has 0 saturated carbocycles. The Bertz CT molecular complexity index is 705. The molecule has 0 saturated heterocycles. The SMILES string of the molecule is O=C(CC(=O)NCc1ccccc1)NCCc1ccc(Cl)cc1Cl. The first-order valence-electron chi connectivity index (χ1n) is 7.56. The van der Waals surface area contributed by atoms with Gasteiger partial charge in [-0.25, -0.2) is 0 Å². The fourth-order valence-electron chi connectivity index (χ4n) is 2.13. The molecular formula is C18H18Cl2N2O2. The monoisotopic (exact) mass is 364 g/mol. The van der Waals surface area contributed by atoms with E-state index in [1.54, 1.807) is 12.1 Å². The predicted octanol–water partition coefficient (Wildman–Crippen LogP) is 3.36. The van der Waals surface area contributed by atoms with Crippen LogP contribution in [0.3, 0.4) is 0 Å². The minimum Gasteiger partial charge on any atom is -0.355 e. The number of carbonyl (C=O) groups is 2. The van der Waals surface area contributed by atoms with Gasteiger partial charge in [-0.2, -0.15) is 0 Å². The molecular weight excluding hydrogens is 347 g/mol. The van der Waals surface area contributed by atoms with E-state index in [0.29, 0.717) is 29.6 Å². The van der Waals surface area contributed by atoms with Gasteiger partial charge in [0, 0.05) is 23.1 Å². The number of carbonyl (C=O) groups excluding carboxylic acids is 2. The lowest BCUT2D eigenvalue weighted by atomic mass is 10.1. The van der Waals surface area contributed by atoms with E-state index < -0.39 is 0 Å². The maximum Gasteiger partial charge on any atom is 0.229 e. The fourth-order valence-corrected chi connectivity index (χ4v) is 2.63. The second-order valence-electron chi connectivity index (χ2n) is 5.27. The van der Waals surface area contributed by atoms with Gasteiger partial charge in [0.05, 0.1) is 0 Å². The topological polar surface area (TPSA) is 58.2 Å². The van der Waals surface area contributed by atoms with E-state index in [1.807, 2.05) is 36.4 Å². The van der Waals surface area contributed by atoms with Crippen LogP contribution in [0.15, 0.2) is 48.5 Å². The molecule has 0 radical (unpaired) electrons. The molecule has 0 aliphatic rings. The van der Waals surface area contributed by atoms with E-state index in [0.717, 1.165) is 11.1 Å². The Balaban J connectivity index is 1.68. The van der Waals surface area contributed by atoms with E-state index in [2.05, 4.69) is 10.6 Å². The first-order chi connectivity index (χ1) is 11.5. The molecule has 2 rings (SSSR count). The Kier molecular flexibility index (Phi) is 7.09. The summed E-state index contributed by atoms with van der Waals surface area (Å²) in [6.07, 6.45) is 0.383. The normalized spacial score (nSPS) is 10.2. The van der Waals surface area contributed by atoms with Gasteiger partial charge in [0.1, 0.15) is 6.42 Å². The zero-order valence-corrected chi connectivity index (χ0v) is 14.5. The van der Waals surface area contributed by atoms with E-state index in [1.165, 1.54) is 0 Å². The van der Waals surface area contributed by atoms with Crippen LogP contribution in [0.5, 0.6) is 0 Å². The van der Waals surface area contributed by atoms with Gasteiger partial charge in [-0.05, 0) is 29.7 Å². The summed E-state index contributed by atoms with van der Waals surface area (Å²) in [5.41, 5.74) is 1.89. The van der Waals surface area contributed by atoms with Crippen molar-refractivity contribution in [3.05, 3.63) is 69.7 Å². The lowest BCUT2D eigenvalue weighted by molar-refractivity contribution is -0.129. The molecule has 0 aromatic heterocycles. The highest BCUT2D eigenvalue weighted by Gasteiger charge is 2.09. The van der Waals surface area contributed by atoms with Crippen LogP contribution in [-0.2, 0) is 22.6 Å². The van der Waals surface area contributed by atoms with Gasteiger partial charge < -0.3 is 10.6 Å². The molecule has 4 nitrogen and oxygen atoms in total. The summed E-state index contributed by atoms with van der Waals surface area (Å²) in [5.74, 6) is -0.619. The first kappa shape index (κ1) is 18.3. The maximum atomic E-state index is 11.8. The van der Waals surface area contributed by atoms with Crippen LogP contribution in [0.1, 0.15) is 17.5 Å². The summed E-state index contributed by atoms with van der Waals surface area (Å²) in [4.78, 5) is 23.5. The van der Waals surface area contributed by atoms with E-state index >= 15 is 0 Å². The Morgan fingerprint density at radius 1 is 0.917 bits per heavy atom. The van der Waals surface area contributed by atoms with Crippen molar-refractivity contribution in [2.75, 3.05) is 6.54 Å². The molecule has 2 N–H and O–H groups in total. The van der Waals surface area contributed by atoms with Crippen molar-refractivity contribution in [3.63, 3.8) is 0 Å². The second kappa shape index (κ2) is 9.30. The number of rotatable bonds is 7. The molecule has 126 valence electrons. The van der Waals surface area contributed by atoms with Gasteiger partial charge in [0.25, 0.3) is 0 Å². The zero-order chi connectivity index (χ0) is 17.4. The summed E-state index contributed by atoms with van der Waals surface area (Å²) >= 11 is 11.9. The number of amides is 2. The number of benzene rings is 2. The van der Waals surface area contributed by atoms with Crippen molar-refractivity contribution in [2.45, 2.75) is 19.4 Å². The maximum absolute atomic E-state index is 11.8. The summed E-state index contributed by atoms with van der Waals surface area (Å²) < 4.78 is 0. The number of hydrogen-bond acceptors (Lipinski definition) is 2. The largest absolute Gasteiger partial charge is 0.355 e. The van der Waals surface area contributed by atoms with Crippen molar-refractivity contribution in [1.29, 1.82) is 0 Å². The summed E-state index contributed by atoms with van der Waals surface area (Å²) in [6.45, 7) is 0.819. The van der Waals surface area contributed by atoms with Crippen LogP contribution < -0.4 is 10.6 Å². The van der Waals surface area contributed by atoms with Crippen LogP contribution >= 0.6 is 23.2 Å². The molecule has 0 atom stereocenters. The van der Waals surface area contributed by atoms with E-state index in [-0.39, 0.29) is 18.2 Å². The van der Waals surface area contributed by atoms with E-state index in [9.17, 15) is 9.59 Å². The average molecular weight is 365 g/mol. The zero-order valence-electron chi connectivity index (χ0n) is 13.0. The highest BCUT2D eigenvalue weighted by Crippen LogP contribution is 2.20. The third-order valence-electron chi connectivity index (χ3n) is 3.39. The summed E-state index contributed by atoms with van der Waals surface area (Å²) in [5, 5.41) is 6.57. The average Bonchev–Trinajstić information content (AvgIpc) is 2.56. The standard InChI is InChI=1S/C18H18Cl2N2O2/c19-15-7-6-14(16(20)10-15)8-9-21-17(23)11-18(24)22-12-13-4-2-1-3-5-13/h1-7,10H,8-9,11-12H2,(H,21,23)(H,22,24). The molecule has 0 spiro atoms. The van der Waals surface area contributed by atoms with Gasteiger partial charge in [-0.1, -0.05) is 59.6 Å². The highest BCUT2D eigenvalue weighted by molar-refractivity contribution is 6.35. The predicted molar refractivity (Wildman–Crippen MR) is 96.1 cm³/mol. The highest BCUT2D eigenvalue weighted by atomic mass is 35.5. The van der Waals surface area contributed by atoms with Crippen LogP contribution in [0, 0.1) is 0 Å². The Labute approximate surface area is 151 Å². The van der Waals surface area contributed by atoms with Crippen LogP contribution in [-0.4, -0.2) is 18.4 Å². The number of hydrogen-bond donors (Lipinski definition) is 2. The molecule has 2 amide bonds. The second-order valence-corrected chi connectivity index (χ2v) is 6.12. The molecule has 0 aliphatic heterocycles.